The zero-order chi connectivity index (χ0) is 10.1. The quantitative estimate of drug-likeness (QED) is 0.666. The molecule has 0 radical (unpaired) electrons. The van der Waals surface area contributed by atoms with Crippen LogP contribution in [0.15, 0.2) is 18.2 Å². The molecule has 0 saturated carbocycles. The van der Waals surface area contributed by atoms with Crippen molar-refractivity contribution in [2.45, 2.75) is 6.92 Å². The number of H-pyrrole nitrogens is 1. The molecule has 0 fully saturated rings. The third-order valence-corrected chi connectivity index (χ3v) is 2.28. The molecular formula is C10H7N3S. The first-order valence-electron chi connectivity index (χ1n) is 4.11. The van der Waals surface area contributed by atoms with E-state index in [0.29, 0.717) is 10.2 Å². The lowest BCUT2D eigenvalue weighted by Gasteiger charge is -2.00. The van der Waals surface area contributed by atoms with Crippen LogP contribution in [0.1, 0.15) is 11.4 Å². The molecule has 14 heavy (non-hydrogen) atoms. The molecule has 1 heterocycles. The third-order valence-electron chi connectivity index (χ3n) is 1.96. The maximum atomic E-state index is 8.73. The first-order valence-corrected chi connectivity index (χ1v) is 4.52. The van der Waals surface area contributed by atoms with Crippen LogP contribution in [0.3, 0.4) is 0 Å². The largest absolute Gasteiger partial charge is 0.343 e. The van der Waals surface area contributed by atoms with Gasteiger partial charge in [0, 0.05) is 10.9 Å². The molecule has 3 nitrogen and oxygen atoms in total. The van der Waals surface area contributed by atoms with E-state index in [1.807, 2.05) is 13.0 Å². The minimum absolute atomic E-state index is 0.536. The molecule has 0 atom stereocenters. The lowest BCUT2D eigenvalue weighted by molar-refractivity contribution is 1.08. The lowest BCUT2D eigenvalue weighted by Crippen LogP contribution is -1.90. The summed E-state index contributed by atoms with van der Waals surface area (Å²) in [5.74, 6) is 0.784. The monoisotopic (exact) mass is 201 g/mol. The van der Waals surface area contributed by atoms with Gasteiger partial charge in [0.2, 0.25) is 0 Å². The van der Waals surface area contributed by atoms with E-state index in [1.165, 1.54) is 0 Å². The van der Waals surface area contributed by atoms with Crippen molar-refractivity contribution in [2.75, 3.05) is 0 Å². The van der Waals surface area contributed by atoms with Crippen molar-refractivity contribution < 1.29 is 0 Å². The van der Waals surface area contributed by atoms with Crippen molar-refractivity contribution in [1.82, 2.24) is 9.97 Å². The Balaban J connectivity index is 2.91. The molecule has 0 amide bonds. The second kappa shape index (κ2) is 3.20. The van der Waals surface area contributed by atoms with Crippen LogP contribution in [0, 0.1) is 22.9 Å². The fourth-order valence-corrected chi connectivity index (χ4v) is 1.64. The van der Waals surface area contributed by atoms with Gasteiger partial charge in [-0.3, -0.25) is 0 Å². The first-order chi connectivity index (χ1) is 6.70. The van der Waals surface area contributed by atoms with Crippen molar-refractivity contribution >= 4 is 23.1 Å². The number of rotatable bonds is 0. The Morgan fingerprint density at radius 1 is 1.50 bits per heavy atom. The van der Waals surface area contributed by atoms with Gasteiger partial charge in [-0.15, -0.1) is 0 Å². The van der Waals surface area contributed by atoms with Crippen LogP contribution in [0.5, 0.6) is 0 Å². The topological polar surface area (TPSA) is 52.5 Å². The van der Waals surface area contributed by atoms with Gasteiger partial charge in [0.1, 0.15) is 10.5 Å². The van der Waals surface area contributed by atoms with Gasteiger partial charge < -0.3 is 4.98 Å². The normalized spacial score (nSPS) is 10.0. The predicted octanol–water partition coefficient (Wildman–Crippen LogP) is 2.47. The summed E-state index contributed by atoms with van der Waals surface area (Å²) < 4.78 is 0.536. The maximum absolute atomic E-state index is 8.73. The highest BCUT2D eigenvalue weighted by Crippen LogP contribution is 2.14. The predicted molar refractivity (Wildman–Crippen MR) is 56.4 cm³/mol. The number of aromatic nitrogens is 2. The molecule has 0 aliphatic carbocycles. The summed E-state index contributed by atoms with van der Waals surface area (Å²) in [7, 11) is 0. The van der Waals surface area contributed by atoms with Crippen LogP contribution in [0.25, 0.3) is 10.9 Å². The average molecular weight is 201 g/mol. The molecule has 2 aromatic rings. The number of fused-ring (bicyclic) bond motifs is 1. The second-order valence-corrected chi connectivity index (χ2v) is 3.39. The van der Waals surface area contributed by atoms with Crippen molar-refractivity contribution in [1.29, 1.82) is 5.26 Å². The highest BCUT2D eigenvalue weighted by atomic mass is 32.1. The maximum Gasteiger partial charge on any atom is 0.137 e. The zero-order valence-corrected chi connectivity index (χ0v) is 8.35. The smallest absolute Gasteiger partial charge is 0.137 e. The summed E-state index contributed by atoms with van der Waals surface area (Å²) >= 11 is 5.11. The Kier molecular flexibility index (Phi) is 2.02. The Morgan fingerprint density at radius 3 is 3.00 bits per heavy atom. The molecular weight excluding hydrogens is 194 g/mol. The van der Waals surface area contributed by atoms with Crippen molar-refractivity contribution in [3.63, 3.8) is 0 Å². The Labute approximate surface area is 86.0 Å². The van der Waals surface area contributed by atoms with E-state index in [-0.39, 0.29) is 0 Å². The summed E-state index contributed by atoms with van der Waals surface area (Å²) in [6, 6.07) is 7.43. The van der Waals surface area contributed by atoms with E-state index in [4.69, 9.17) is 17.5 Å². The van der Waals surface area contributed by atoms with Gasteiger partial charge in [0.05, 0.1) is 11.6 Å². The van der Waals surface area contributed by atoms with Crippen molar-refractivity contribution in [3.8, 4) is 6.07 Å². The SMILES string of the molecule is Cc1nc(=S)c2cc(C#N)ccc2[nH]1. The summed E-state index contributed by atoms with van der Waals surface area (Å²) in [6.45, 7) is 1.85. The van der Waals surface area contributed by atoms with E-state index < -0.39 is 0 Å². The summed E-state index contributed by atoms with van der Waals surface area (Å²) in [6.07, 6.45) is 0. The number of aryl methyl sites for hydroxylation is 1. The number of hydrogen-bond donors (Lipinski definition) is 1. The minimum Gasteiger partial charge on any atom is -0.343 e. The van der Waals surface area contributed by atoms with Gasteiger partial charge in [0.25, 0.3) is 0 Å². The van der Waals surface area contributed by atoms with Gasteiger partial charge in [-0.2, -0.15) is 5.26 Å². The van der Waals surface area contributed by atoms with Gasteiger partial charge in [-0.1, -0.05) is 12.2 Å². The molecule has 2 rings (SSSR count). The average Bonchev–Trinajstić information content (AvgIpc) is 2.17. The third kappa shape index (κ3) is 1.38. The molecule has 0 saturated heterocycles. The Hall–Kier alpha value is -1.73. The molecule has 0 bridgehead atoms. The van der Waals surface area contributed by atoms with Crippen molar-refractivity contribution in [2.24, 2.45) is 0 Å². The molecule has 68 valence electrons. The minimum atomic E-state index is 0.536. The van der Waals surface area contributed by atoms with Crippen LogP contribution >= 0.6 is 12.2 Å². The molecule has 1 aromatic heterocycles. The number of nitriles is 1. The number of hydrogen-bond acceptors (Lipinski definition) is 3. The summed E-state index contributed by atoms with van der Waals surface area (Å²) in [5, 5.41) is 9.55. The fourth-order valence-electron chi connectivity index (χ4n) is 1.34. The molecule has 0 unspecified atom stereocenters. The first kappa shape index (κ1) is 8.85. The number of aromatic amines is 1. The zero-order valence-electron chi connectivity index (χ0n) is 7.53. The molecule has 0 spiro atoms. The van der Waals surface area contributed by atoms with Crippen LogP contribution in [0.2, 0.25) is 0 Å². The molecule has 0 aliphatic heterocycles. The molecule has 0 aliphatic rings. The van der Waals surface area contributed by atoms with E-state index in [1.54, 1.807) is 12.1 Å². The highest BCUT2D eigenvalue weighted by molar-refractivity contribution is 7.71. The Morgan fingerprint density at radius 2 is 2.29 bits per heavy atom. The fraction of sp³-hybridized carbons (Fsp3) is 0.100. The molecule has 4 heteroatoms. The van der Waals surface area contributed by atoms with Crippen LogP contribution in [-0.4, -0.2) is 9.97 Å². The van der Waals surface area contributed by atoms with Gasteiger partial charge in [-0.25, -0.2) is 4.98 Å². The molecule has 1 N–H and O–H groups in total. The summed E-state index contributed by atoms with van der Waals surface area (Å²) in [5.41, 5.74) is 1.52. The standard InChI is InChI=1S/C10H7N3S/c1-6-12-9-3-2-7(5-11)4-8(9)10(14)13-6/h2-4H,1H3,(H,12,13,14). The van der Waals surface area contributed by atoms with E-state index >= 15 is 0 Å². The van der Waals surface area contributed by atoms with Crippen molar-refractivity contribution in [3.05, 3.63) is 34.2 Å². The Bertz CT molecular complexity index is 592. The van der Waals surface area contributed by atoms with E-state index in [0.717, 1.165) is 16.7 Å². The van der Waals surface area contributed by atoms with Gasteiger partial charge in [0.15, 0.2) is 0 Å². The number of nitrogens with zero attached hydrogens (tertiary/aromatic N) is 2. The van der Waals surface area contributed by atoms with Gasteiger partial charge in [-0.05, 0) is 25.1 Å². The van der Waals surface area contributed by atoms with E-state index in [2.05, 4.69) is 16.0 Å². The highest BCUT2D eigenvalue weighted by Gasteiger charge is 1.99. The number of benzene rings is 1. The lowest BCUT2D eigenvalue weighted by atomic mass is 10.2. The summed E-state index contributed by atoms with van der Waals surface area (Å²) in [4.78, 5) is 7.22. The van der Waals surface area contributed by atoms with Crippen LogP contribution < -0.4 is 0 Å². The van der Waals surface area contributed by atoms with Gasteiger partial charge >= 0.3 is 0 Å². The molecule has 1 aromatic carbocycles. The van der Waals surface area contributed by atoms with Crippen LogP contribution in [0.4, 0.5) is 0 Å². The number of nitrogens with one attached hydrogen (secondary N) is 1. The second-order valence-electron chi connectivity index (χ2n) is 3.00. The van der Waals surface area contributed by atoms with E-state index in [9.17, 15) is 0 Å². The van der Waals surface area contributed by atoms with Crippen LogP contribution in [-0.2, 0) is 0 Å².